The summed E-state index contributed by atoms with van der Waals surface area (Å²) in [6, 6.07) is 4.99. The van der Waals surface area contributed by atoms with E-state index in [0.29, 0.717) is 31.9 Å². The van der Waals surface area contributed by atoms with Crippen LogP contribution in [0, 0.1) is 0 Å². The number of morpholine rings is 1. The molecule has 5 nitrogen and oxygen atoms in total. The summed E-state index contributed by atoms with van der Waals surface area (Å²) in [5, 5.41) is 9.31. The first-order valence-corrected chi connectivity index (χ1v) is 6.91. The molecule has 3 rings (SSSR count). The van der Waals surface area contributed by atoms with Crippen LogP contribution in [0.2, 0.25) is 0 Å². The number of aromatic carboxylic acids is 1. The van der Waals surface area contributed by atoms with Gasteiger partial charge in [-0.2, -0.15) is 0 Å². The second-order valence-corrected chi connectivity index (χ2v) is 5.25. The molecule has 0 radical (unpaired) electrons. The molecule has 106 valence electrons. The van der Waals surface area contributed by atoms with Crippen LogP contribution in [0.15, 0.2) is 18.2 Å². The van der Waals surface area contributed by atoms with Crippen LogP contribution in [0.25, 0.3) is 0 Å². The molecule has 0 bridgehead atoms. The van der Waals surface area contributed by atoms with E-state index < -0.39 is 5.97 Å². The number of benzene rings is 1. The lowest BCUT2D eigenvalue weighted by Crippen LogP contribution is -2.41. The highest BCUT2D eigenvalue weighted by Gasteiger charge is 2.33. The molecule has 5 heteroatoms. The maximum absolute atomic E-state index is 12.6. The van der Waals surface area contributed by atoms with E-state index in [1.807, 2.05) is 0 Å². The Bertz CT molecular complexity index is 545. The number of hydrogen-bond acceptors (Lipinski definition) is 3. The number of carbonyl (C=O) groups is 2. The fourth-order valence-electron chi connectivity index (χ4n) is 2.69. The van der Waals surface area contributed by atoms with Gasteiger partial charge in [0.25, 0.3) is 5.91 Å². The topological polar surface area (TPSA) is 66.8 Å². The van der Waals surface area contributed by atoms with Gasteiger partial charge in [0.1, 0.15) is 0 Å². The summed E-state index contributed by atoms with van der Waals surface area (Å²) in [6.07, 6.45) is 1.93. The minimum absolute atomic E-state index is 0.0710. The number of rotatable bonds is 3. The normalized spacial score (nSPS) is 18.9. The molecule has 1 aliphatic carbocycles. The summed E-state index contributed by atoms with van der Waals surface area (Å²) in [5.74, 6) is -0.802. The number of carboxylic acids is 1. The van der Waals surface area contributed by atoms with Crippen LogP contribution in [0.1, 0.15) is 45.0 Å². The van der Waals surface area contributed by atoms with Crippen molar-refractivity contribution in [3.8, 4) is 0 Å². The molecule has 1 saturated carbocycles. The summed E-state index contributed by atoms with van der Waals surface area (Å²) < 4.78 is 5.25. The first-order chi connectivity index (χ1) is 9.68. The summed E-state index contributed by atoms with van der Waals surface area (Å²) >= 11 is 0. The van der Waals surface area contributed by atoms with Crippen LogP contribution in [0.3, 0.4) is 0 Å². The Balaban J connectivity index is 1.97. The van der Waals surface area contributed by atoms with Crippen LogP contribution >= 0.6 is 0 Å². The van der Waals surface area contributed by atoms with E-state index in [1.54, 1.807) is 23.1 Å². The molecule has 1 aromatic carbocycles. The van der Waals surface area contributed by atoms with Gasteiger partial charge in [0.05, 0.1) is 18.8 Å². The van der Waals surface area contributed by atoms with Gasteiger partial charge in [-0.1, -0.05) is 6.07 Å². The number of carboxylic acid groups (broad SMARTS) is 1. The molecule has 0 aromatic heterocycles. The number of hydrogen-bond donors (Lipinski definition) is 1. The molecule has 2 aliphatic rings. The molecule has 0 unspecified atom stereocenters. The standard InChI is InChI=1S/C15H17NO4/c17-14(16-6-8-20-9-7-16)11-2-1-3-12(15(18)19)13(11)10-4-5-10/h1-3,10H,4-9H2,(H,18,19). The van der Waals surface area contributed by atoms with Gasteiger partial charge < -0.3 is 14.7 Å². The summed E-state index contributed by atoms with van der Waals surface area (Å²) in [6.45, 7) is 2.23. The number of amides is 1. The Morgan fingerprint density at radius 2 is 1.80 bits per heavy atom. The molecule has 1 saturated heterocycles. The second-order valence-electron chi connectivity index (χ2n) is 5.25. The highest BCUT2D eigenvalue weighted by Crippen LogP contribution is 2.43. The van der Waals surface area contributed by atoms with Crippen LogP contribution in [0.4, 0.5) is 0 Å². The van der Waals surface area contributed by atoms with Crippen molar-refractivity contribution in [2.45, 2.75) is 18.8 Å². The first-order valence-electron chi connectivity index (χ1n) is 6.91. The highest BCUT2D eigenvalue weighted by molar-refractivity contribution is 6.00. The number of carbonyl (C=O) groups excluding carboxylic acids is 1. The Hall–Kier alpha value is -1.88. The largest absolute Gasteiger partial charge is 0.478 e. The maximum Gasteiger partial charge on any atom is 0.335 e. The Labute approximate surface area is 117 Å². The van der Waals surface area contributed by atoms with Gasteiger partial charge in [0.2, 0.25) is 0 Å². The molecule has 1 amide bonds. The van der Waals surface area contributed by atoms with E-state index in [-0.39, 0.29) is 17.4 Å². The lowest BCUT2D eigenvalue weighted by molar-refractivity contribution is 0.0302. The quantitative estimate of drug-likeness (QED) is 0.912. The van der Waals surface area contributed by atoms with Crippen molar-refractivity contribution in [1.29, 1.82) is 0 Å². The molecule has 1 heterocycles. The van der Waals surface area contributed by atoms with Gasteiger partial charge in [-0.05, 0) is 36.5 Å². The van der Waals surface area contributed by atoms with Gasteiger partial charge in [0, 0.05) is 18.7 Å². The van der Waals surface area contributed by atoms with Crippen molar-refractivity contribution < 1.29 is 19.4 Å². The van der Waals surface area contributed by atoms with Crippen LogP contribution in [-0.4, -0.2) is 48.2 Å². The monoisotopic (exact) mass is 275 g/mol. The fourth-order valence-corrected chi connectivity index (χ4v) is 2.69. The first kappa shape index (κ1) is 13.1. The molecule has 1 aromatic rings. The average molecular weight is 275 g/mol. The van der Waals surface area contributed by atoms with Crippen LogP contribution < -0.4 is 0 Å². The predicted octanol–water partition coefficient (Wildman–Crippen LogP) is 1.73. The molecule has 20 heavy (non-hydrogen) atoms. The lowest BCUT2D eigenvalue weighted by atomic mass is 9.96. The van der Waals surface area contributed by atoms with Gasteiger partial charge in [0.15, 0.2) is 0 Å². The van der Waals surface area contributed by atoms with Gasteiger partial charge in [-0.15, -0.1) is 0 Å². The van der Waals surface area contributed by atoms with E-state index in [9.17, 15) is 14.7 Å². The Morgan fingerprint density at radius 1 is 1.15 bits per heavy atom. The van der Waals surface area contributed by atoms with E-state index in [1.165, 1.54) is 0 Å². The lowest BCUT2D eigenvalue weighted by Gasteiger charge is -2.28. The smallest absolute Gasteiger partial charge is 0.335 e. The third-order valence-corrected chi connectivity index (χ3v) is 3.85. The molecular weight excluding hydrogens is 258 g/mol. The van der Waals surface area contributed by atoms with Crippen molar-refractivity contribution in [3.05, 3.63) is 34.9 Å². The van der Waals surface area contributed by atoms with Crippen LogP contribution in [-0.2, 0) is 4.74 Å². The number of nitrogens with zero attached hydrogens (tertiary/aromatic N) is 1. The molecule has 1 aliphatic heterocycles. The zero-order valence-electron chi connectivity index (χ0n) is 11.2. The minimum Gasteiger partial charge on any atom is -0.478 e. The van der Waals surface area contributed by atoms with E-state index in [0.717, 1.165) is 18.4 Å². The van der Waals surface area contributed by atoms with E-state index in [2.05, 4.69) is 0 Å². The van der Waals surface area contributed by atoms with Gasteiger partial charge in [-0.25, -0.2) is 4.79 Å². The summed E-state index contributed by atoms with van der Waals surface area (Å²) in [5.41, 5.74) is 1.54. The van der Waals surface area contributed by atoms with Crippen molar-refractivity contribution in [2.24, 2.45) is 0 Å². The summed E-state index contributed by atoms with van der Waals surface area (Å²) in [7, 11) is 0. The second kappa shape index (κ2) is 5.25. The van der Waals surface area contributed by atoms with Gasteiger partial charge in [-0.3, -0.25) is 4.79 Å². The van der Waals surface area contributed by atoms with E-state index >= 15 is 0 Å². The molecule has 0 atom stereocenters. The molecule has 1 N–H and O–H groups in total. The highest BCUT2D eigenvalue weighted by atomic mass is 16.5. The zero-order chi connectivity index (χ0) is 14.1. The van der Waals surface area contributed by atoms with Crippen molar-refractivity contribution >= 4 is 11.9 Å². The zero-order valence-corrected chi connectivity index (χ0v) is 11.2. The third kappa shape index (κ3) is 2.41. The molecular formula is C15H17NO4. The number of ether oxygens (including phenoxy) is 1. The predicted molar refractivity (Wildman–Crippen MR) is 72.1 cm³/mol. The molecule has 2 fully saturated rings. The SMILES string of the molecule is O=C(O)c1cccc(C(=O)N2CCOCC2)c1C1CC1. The maximum atomic E-state index is 12.6. The minimum atomic E-state index is -0.955. The van der Waals surface area contributed by atoms with Crippen LogP contribution in [0.5, 0.6) is 0 Å². The van der Waals surface area contributed by atoms with Crippen molar-refractivity contribution in [3.63, 3.8) is 0 Å². The fraction of sp³-hybridized carbons (Fsp3) is 0.467. The third-order valence-electron chi connectivity index (χ3n) is 3.85. The average Bonchev–Trinajstić information content (AvgIpc) is 3.31. The Kier molecular flexibility index (Phi) is 3.44. The van der Waals surface area contributed by atoms with Crippen molar-refractivity contribution in [2.75, 3.05) is 26.3 Å². The van der Waals surface area contributed by atoms with E-state index in [4.69, 9.17) is 4.74 Å². The summed E-state index contributed by atoms with van der Waals surface area (Å²) in [4.78, 5) is 25.7. The van der Waals surface area contributed by atoms with Crippen molar-refractivity contribution in [1.82, 2.24) is 4.90 Å². The molecule has 0 spiro atoms. The van der Waals surface area contributed by atoms with Gasteiger partial charge >= 0.3 is 5.97 Å². The Morgan fingerprint density at radius 3 is 2.40 bits per heavy atom.